The maximum absolute atomic E-state index is 10.9. The van der Waals surface area contributed by atoms with Gasteiger partial charge in [0.05, 0.1) is 22.8 Å². The summed E-state index contributed by atoms with van der Waals surface area (Å²) in [4.78, 5) is 17.0. The van der Waals surface area contributed by atoms with Gasteiger partial charge in [-0.1, -0.05) is 0 Å². The van der Waals surface area contributed by atoms with Crippen LogP contribution in [0.25, 0.3) is 59.7 Å². The van der Waals surface area contributed by atoms with Gasteiger partial charge < -0.3 is 62.2 Å². The van der Waals surface area contributed by atoms with Crippen LogP contribution in [-0.4, -0.2) is 55.9 Å². The van der Waals surface area contributed by atoms with Crippen molar-refractivity contribution in [2.75, 3.05) is 14.1 Å². The molecule has 0 aliphatic heterocycles. The topological polar surface area (TPSA) is 305 Å². The van der Waals surface area contributed by atoms with E-state index in [0.29, 0.717) is 0 Å². The van der Waals surface area contributed by atoms with Crippen LogP contribution in [0.4, 0.5) is 0 Å². The van der Waals surface area contributed by atoms with Gasteiger partial charge in [-0.2, -0.15) is 0 Å². The molecular weight excluding hydrogens is 830 g/mol. The van der Waals surface area contributed by atoms with Crippen molar-refractivity contribution in [3.05, 3.63) is 158 Å². The van der Waals surface area contributed by atoms with Gasteiger partial charge in [0.2, 0.25) is 0 Å². The molecule has 12 N–H and O–H groups in total. The maximum Gasteiger partial charge on any atom is 4.00 e. The third kappa shape index (κ3) is 19.7. The largest absolute Gasteiger partial charge is 4.00 e. The average molecular weight is 874 g/mol. The van der Waals surface area contributed by atoms with E-state index in [1.54, 1.807) is 36.9 Å². The summed E-state index contributed by atoms with van der Waals surface area (Å²) in [5.74, 6) is 0. The molecule has 0 bridgehead atoms. The number of hydrogen-bond acceptors (Lipinski definition) is 6. The zero-order valence-electron chi connectivity index (χ0n) is 25.7. The van der Waals surface area contributed by atoms with Crippen molar-refractivity contribution in [3.63, 3.8) is 0 Å². The van der Waals surface area contributed by atoms with E-state index in [0.717, 1.165) is 54.5 Å². The van der Waals surface area contributed by atoms with Gasteiger partial charge in [-0.15, -0.1) is 0 Å². The zero-order chi connectivity index (χ0) is 24.5. The molecule has 4 rings (SSSR count). The van der Waals surface area contributed by atoms with Crippen molar-refractivity contribution >= 4 is 12.4 Å². The number of aromatic nitrogens is 4. The number of nitrogens with zero attached hydrogens (tertiary/aromatic N) is 6. The zero-order valence-corrected chi connectivity index (χ0v) is 29.9. The molecule has 44 heavy (non-hydrogen) atoms. The third-order valence-electron chi connectivity index (χ3n) is 4.59. The Morgan fingerprint density at radius 3 is 1.02 bits per heavy atom. The monoisotopic (exact) mass is 875 g/mol. The summed E-state index contributed by atoms with van der Waals surface area (Å²) in [6, 6.07) is 15.1. The second-order valence-corrected chi connectivity index (χ2v) is 7.74. The van der Waals surface area contributed by atoms with Gasteiger partial charge in [0.1, 0.15) is 14.1 Å². The number of rotatable bonds is 4. The molecule has 0 unspecified atom stereocenters. The molecule has 0 aliphatic carbocycles. The molecule has 4 aromatic heterocycles. The normalized spacial score (nSPS) is 8.91. The molecule has 0 saturated carbocycles. The van der Waals surface area contributed by atoms with Crippen LogP contribution >= 0.6 is 0 Å². The van der Waals surface area contributed by atoms with E-state index in [9.17, 15) is 10.4 Å². The Balaban J connectivity index is -0.0000000800. The van der Waals surface area contributed by atoms with Crippen LogP contribution in [0.1, 0.15) is 22.3 Å². The summed E-state index contributed by atoms with van der Waals surface area (Å²) >= 11 is 0. The Labute approximate surface area is 288 Å². The minimum absolute atomic E-state index is 0. The van der Waals surface area contributed by atoms with Crippen LogP contribution in [0.15, 0.2) is 73.3 Å². The van der Waals surface area contributed by atoms with Crippen LogP contribution in [0.3, 0.4) is 0 Å². The minimum Gasteiger partial charge on any atom is -0.693 e. The van der Waals surface area contributed by atoms with E-state index in [4.69, 9.17) is 0 Å². The van der Waals surface area contributed by atoms with Crippen LogP contribution in [0, 0.1) is 39.1 Å². The molecule has 0 fully saturated rings. The van der Waals surface area contributed by atoms with Gasteiger partial charge >= 0.3 is 19.5 Å². The predicted octanol–water partition coefficient (Wildman–Crippen LogP) is 9.22. The molecule has 1 radical (unpaired) electrons. The van der Waals surface area contributed by atoms with Gasteiger partial charge in [0, 0.05) is 56.0 Å². The Bertz CT molecular complexity index is 1250. The molecule has 0 aliphatic rings. The number of nitrogens with two attached hydrogens (primary N) is 6. The van der Waals surface area contributed by atoms with Crippen LogP contribution in [0.2, 0.25) is 0 Å². The van der Waals surface area contributed by atoms with Gasteiger partial charge in [-0.05, 0) is 73.5 Å². The molecule has 0 aromatic carbocycles. The van der Waals surface area contributed by atoms with Crippen molar-refractivity contribution in [3.8, 4) is 22.8 Å². The molecule has 14 nitrogen and oxygen atoms in total. The quantitative estimate of drug-likeness (QED) is 0.0480. The van der Waals surface area contributed by atoms with E-state index in [1.165, 1.54) is 26.5 Å². The summed E-state index contributed by atoms with van der Waals surface area (Å²) < 4.78 is 1.53. The van der Waals surface area contributed by atoms with Crippen molar-refractivity contribution < 1.29 is 49.1 Å². The first-order chi connectivity index (χ1) is 16.3. The van der Waals surface area contributed by atoms with E-state index in [1.807, 2.05) is 50.2 Å². The summed E-state index contributed by atoms with van der Waals surface area (Å²) in [5.41, 5.74) is 7.06. The fourth-order valence-electron chi connectivity index (χ4n) is 3.11. The number of hydroxylamine groups is 2. The molecule has 0 atom stereocenters. The fourth-order valence-corrected chi connectivity index (χ4v) is 3.11. The Hall–Kier alpha value is -3.43. The first-order valence-corrected chi connectivity index (χ1v) is 10.6. The van der Waals surface area contributed by atoms with E-state index in [2.05, 4.69) is 19.9 Å². The second kappa shape index (κ2) is 29.6. The molecule has 0 spiro atoms. The Morgan fingerprint density at radius 2 is 0.773 bits per heavy atom. The van der Waals surface area contributed by atoms with Crippen molar-refractivity contribution in [2.24, 2.45) is 0 Å². The Morgan fingerprint density at radius 1 is 0.523 bits per heavy atom. The van der Waals surface area contributed by atoms with Crippen molar-refractivity contribution in [1.82, 2.24) is 19.9 Å². The molecular formula is C28H44IrN12O2Ru-4. The minimum atomic E-state index is 0. The SMILES string of the molecule is Cc1ccnc(-c2cc(/C=[N+](/C)[O-])ccn2)c1.Cc1ccnc(-c2cc(/C=[N+](/C)[O-])ccn2)c1.[CH3-].[CH3-].[Ir].[NH2-].[NH2-].[NH2-].[NH2-].[NH2-].[NH2-].[Ru+4]. The van der Waals surface area contributed by atoms with E-state index in [-0.39, 0.29) is 91.3 Å². The summed E-state index contributed by atoms with van der Waals surface area (Å²) in [6.07, 6.45) is 9.86. The van der Waals surface area contributed by atoms with Crippen LogP contribution < -0.4 is 0 Å². The first kappa shape index (κ1) is 59.9. The summed E-state index contributed by atoms with van der Waals surface area (Å²) in [5, 5.41) is 21.9. The predicted molar refractivity (Wildman–Crippen MR) is 178 cm³/mol. The molecule has 249 valence electrons. The third-order valence-corrected chi connectivity index (χ3v) is 4.59. The standard InChI is InChI=1S/2C13H13N3O.2CH3.Ir.6H2N.Ru/c2*1-10-3-5-14-12(7-10)13-8-11(4-6-15-13)9-16(2)17;;;;;;;;;;/h2*3-9H,1-2H3;2*1H3;;6*1H2;/q;;2*-1;;6*-1;+4/b2*16-9-;;;;;;;;;;. The van der Waals surface area contributed by atoms with Gasteiger partial charge in [0.15, 0.2) is 12.4 Å². The van der Waals surface area contributed by atoms with Crippen molar-refractivity contribution in [1.29, 1.82) is 0 Å². The summed E-state index contributed by atoms with van der Waals surface area (Å²) in [6.45, 7) is 4.01. The van der Waals surface area contributed by atoms with Gasteiger partial charge in [-0.25, -0.2) is 9.48 Å². The van der Waals surface area contributed by atoms with Crippen LogP contribution in [-0.2, 0) is 39.6 Å². The number of pyridine rings is 4. The maximum atomic E-state index is 10.9. The van der Waals surface area contributed by atoms with Gasteiger partial charge in [-0.3, -0.25) is 19.9 Å². The molecule has 16 heteroatoms. The number of aryl methyl sites for hydroxylation is 2. The van der Waals surface area contributed by atoms with E-state index >= 15 is 0 Å². The first-order valence-electron chi connectivity index (χ1n) is 10.6. The molecule has 4 heterocycles. The smallest absolute Gasteiger partial charge is 0.693 e. The molecule has 4 aromatic rings. The second-order valence-electron chi connectivity index (χ2n) is 7.74. The van der Waals surface area contributed by atoms with Crippen LogP contribution in [0.5, 0.6) is 0 Å². The number of hydrogen-bond donors (Lipinski definition) is 0. The summed E-state index contributed by atoms with van der Waals surface area (Å²) in [7, 11) is 2.90. The molecule has 0 amide bonds. The average Bonchev–Trinajstić information content (AvgIpc) is 2.79. The van der Waals surface area contributed by atoms with E-state index < -0.39 is 0 Å². The Kier molecular flexibility index (Phi) is 40.3. The molecule has 0 saturated heterocycles. The van der Waals surface area contributed by atoms with Gasteiger partial charge in [0.25, 0.3) is 0 Å². The van der Waals surface area contributed by atoms with Crippen molar-refractivity contribution in [2.45, 2.75) is 13.8 Å². The fraction of sp³-hybridized carbons (Fsp3) is 0.143.